The van der Waals surface area contributed by atoms with E-state index in [0.717, 1.165) is 16.2 Å². The largest absolute Gasteiger partial charge is 0.469 e. The van der Waals surface area contributed by atoms with Crippen LogP contribution in [0.1, 0.15) is 34.1 Å². The van der Waals surface area contributed by atoms with E-state index in [1.54, 1.807) is 36.0 Å². The van der Waals surface area contributed by atoms with Crippen molar-refractivity contribution in [2.45, 2.75) is 23.1 Å². The Balaban J connectivity index is 1.40. The van der Waals surface area contributed by atoms with Crippen molar-refractivity contribution in [1.82, 2.24) is 14.7 Å². The smallest absolute Gasteiger partial charge is 0.307 e. The van der Waals surface area contributed by atoms with E-state index in [2.05, 4.69) is 10.3 Å². The second-order valence-electron chi connectivity index (χ2n) is 7.37. The Kier molecular flexibility index (Phi) is 7.04. The fraction of sp³-hybridized carbons (Fsp3) is 0.160. The molecule has 2 heterocycles. The number of benzene rings is 2. The molecule has 0 saturated carbocycles. The number of carbonyl (C=O) groups excluding carboxylic acids is 2. The SMILES string of the molecule is COC(=O)CC(NC(=O)c1ccc(SCc2cn3ccccc3n2)cc1)c1ccc(F)cc1. The van der Waals surface area contributed by atoms with Crippen LogP contribution in [0.2, 0.25) is 0 Å². The predicted molar refractivity (Wildman–Crippen MR) is 124 cm³/mol. The summed E-state index contributed by atoms with van der Waals surface area (Å²) < 4.78 is 20.0. The Hall–Kier alpha value is -3.65. The van der Waals surface area contributed by atoms with Crippen molar-refractivity contribution in [2.75, 3.05) is 7.11 Å². The van der Waals surface area contributed by atoms with Gasteiger partial charge in [-0.05, 0) is 54.1 Å². The Morgan fingerprint density at radius 1 is 1.09 bits per heavy atom. The van der Waals surface area contributed by atoms with Gasteiger partial charge in [0.15, 0.2) is 0 Å². The second-order valence-corrected chi connectivity index (χ2v) is 8.42. The lowest BCUT2D eigenvalue weighted by molar-refractivity contribution is -0.141. The third-order valence-corrected chi connectivity index (χ3v) is 6.14. The number of halogens is 1. The molecule has 2 aromatic heterocycles. The first kappa shape index (κ1) is 22.5. The Labute approximate surface area is 194 Å². The summed E-state index contributed by atoms with van der Waals surface area (Å²) in [6.45, 7) is 0. The van der Waals surface area contributed by atoms with E-state index in [-0.39, 0.29) is 12.3 Å². The molecule has 0 saturated heterocycles. The van der Waals surface area contributed by atoms with Crippen LogP contribution in [0.15, 0.2) is 84.0 Å². The van der Waals surface area contributed by atoms with Crippen molar-refractivity contribution in [3.05, 3.63) is 102 Å². The van der Waals surface area contributed by atoms with Crippen LogP contribution < -0.4 is 5.32 Å². The average molecular weight is 464 g/mol. The van der Waals surface area contributed by atoms with Crippen LogP contribution in [0.5, 0.6) is 0 Å². The van der Waals surface area contributed by atoms with Crippen molar-refractivity contribution in [3.8, 4) is 0 Å². The summed E-state index contributed by atoms with van der Waals surface area (Å²) in [6.07, 6.45) is 3.91. The van der Waals surface area contributed by atoms with Crippen molar-refractivity contribution >= 4 is 29.3 Å². The molecule has 168 valence electrons. The van der Waals surface area contributed by atoms with Gasteiger partial charge in [0.2, 0.25) is 0 Å². The molecular weight excluding hydrogens is 441 g/mol. The first-order valence-corrected chi connectivity index (χ1v) is 11.3. The number of amides is 1. The zero-order valence-corrected chi connectivity index (χ0v) is 18.7. The van der Waals surface area contributed by atoms with Gasteiger partial charge in [-0.2, -0.15) is 0 Å². The number of imidazole rings is 1. The molecule has 8 heteroatoms. The van der Waals surface area contributed by atoms with Gasteiger partial charge in [-0.1, -0.05) is 18.2 Å². The molecule has 2 aromatic carbocycles. The second kappa shape index (κ2) is 10.3. The first-order valence-electron chi connectivity index (χ1n) is 10.3. The highest BCUT2D eigenvalue weighted by atomic mass is 32.2. The van der Waals surface area contributed by atoms with E-state index in [9.17, 15) is 14.0 Å². The third-order valence-electron chi connectivity index (χ3n) is 5.09. The van der Waals surface area contributed by atoms with E-state index in [1.165, 1.54) is 19.2 Å². The number of esters is 1. The third kappa shape index (κ3) is 5.78. The zero-order valence-electron chi connectivity index (χ0n) is 17.9. The van der Waals surface area contributed by atoms with Crippen molar-refractivity contribution in [2.24, 2.45) is 0 Å². The molecule has 0 aliphatic heterocycles. The number of fused-ring (bicyclic) bond motifs is 1. The molecule has 0 bridgehead atoms. The van der Waals surface area contributed by atoms with Crippen LogP contribution >= 0.6 is 11.8 Å². The number of hydrogen-bond donors (Lipinski definition) is 1. The molecule has 0 spiro atoms. The highest BCUT2D eigenvalue weighted by Gasteiger charge is 2.20. The lowest BCUT2D eigenvalue weighted by atomic mass is 10.0. The fourth-order valence-electron chi connectivity index (χ4n) is 3.36. The monoisotopic (exact) mass is 463 g/mol. The summed E-state index contributed by atoms with van der Waals surface area (Å²) in [6, 6.07) is 18.1. The van der Waals surface area contributed by atoms with E-state index in [4.69, 9.17) is 4.74 Å². The molecule has 0 aliphatic carbocycles. The number of rotatable bonds is 8. The summed E-state index contributed by atoms with van der Waals surface area (Å²) in [5.41, 5.74) is 2.96. The predicted octanol–water partition coefficient (Wildman–Crippen LogP) is 4.80. The van der Waals surface area contributed by atoms with Crippen molar-refractivity contribution in [1.29, 1.82) is 0 Å². The maximum absolute atomic E-state index is 13.3. The number of thioether (sulfide) groups is 1. The Morgan fingerprint density at radius 2 is 1.85 bits per heavy atom. The summed E-state index contributed by atoms with van der Waals surface area (Å²) >= 11 is 1.63. The van der Waals surface area contributed by atoms with Gasteiger partial charge >= 0.3 is 5.97 Å². The van der Waals surface area contributed by atoms with Gasteiger partial charge in [0.25, 0.3) is 5.91 Å². The molecule has 1 N–H and O–H groups in total. The molecule has 4 aromatic rings. The minimum Gasteiger partial charge on any atom is -0.469 e. The fourth-order valence-corrected chi connectivity index (χ4v) is 4.14. The lowest BCUT2D eigenvalue weighted by Crippen LogP contribution is -2.30. The summed E-state index contributed by atoms with van der Waals surface area (Å²) in [4.78, 5) is 30.2. The molecule has 4 rings (SSSR count). The number of ether oxygens (including phenoxy) is 1. The maximum Gasteiger partial charge on any atom is 0.307 e. The number of hydrogen-bond acceptors (Lipinski definition) is 5. The first-order chi connectivity index (χ1) is 16.0. The molecule has 6 nitrogen and oxygen atoms in total. The molecule has 0 aliphatic rings. The summed E-state index contributed by atoms with van der Waals surface area (Å²) in [5.74, 6) is -0.481. The molecule has 0 fully saturated rings. The normalized spacial score (nSPS) is 11.8. The molecule has 1 unspecified atom stereocenters. The van der Waals surface area contributed by atoms with Crippen LogP contribution in [-0.2, 0) is 15.3 Å². The maximum atomic E-state index is 13.3. The Bertz CT molecular complexity index is 1220. The summed E-state index contributed by atoms with van der Waals surface area (Å²) in [5, 5.41) is 2.84. The minimum atomic E-state index is -0.630. The van der Waals surface area contributed by atoms with Crippen LogP contribution in [0.4, 0.5) is 4.39 Å². The number of methoxy groups -OCH3 is 1. The van der Waals surface area contributed by atoms with Gasteiger partial charge in [0.1, 0.15) is 11.5 Å². The topological polar surface area (TPSA) is 72.7 Å². The van der Waals surface area contributed by atoms with Crippen molar-refractivity contribution < 1.29 is 18.7 Å². The molecule has 33 heavy (non-hydrogen) atoms. The van der Waals surface area contributed by atoms with Crippen molar-refractivity contribution in [3.63, 3.8) is 0 Å². The van der Waals surface area contributed by atoms with Gasteiger partial charge in [0.05, 0.1) is 25.3 Å². The van der Waals surface area contributed by atoms with Gasteiger partial charge in [-0.25, -0.2) is 9.37 Å². The van der Waals surface area contributed by atoms with Crippen LogP contribution in [0.3, 0.4) is 0 Å². The van der Waals surface area contributed by atoms with E-state index in [1.807, 2.05) is 47.1 Å². The molecule has 1 amide bonds. The number of nitrogens with one attached hydrogen (secondary N) is 1. The number of pyridine rings is 1. The zero-order chi connectivity index (χ0) is 23.2. The minimum absolute atomic E-state index is 0.0547. The highest BCUT2D eigenvalue weighted by Crippen LogP contribution is 2.24. The van der Waals surface area contributed by atoms with Gasteiger partial charge in [0, 0.05) is 28.6 Å². The standard InChI is InChI=1S/C25H22FN3O3S/c1-32-24(30)14-22(17-5-9-19(26)10-6-17)28-25(31)18-7-11-21(12-8-18)33-16-20-15-29-13-3-2-4-23(29)27-20/h2-13,15,22H,14,16H2,1H3,(H,28,31). The number of carbonyl (C=O) groups is 2. The number of nitrogens with zero attached hydrogens (tertiary/aromatic N) is 2. The quantitative estimate of drug-likeness (QED) is 0.300. The van der Waals surface area contributed by atoms with Gasteiger partial charge < -0.3 is 14.5 Å². The highest BCUT2D eigenvalue weighted by molar-refractivity contribution is 7.98. The van der Waals surface area contributed by atoms with Crippen LogP contribution in [0.25, 0.3) is 5.65 Å². The van der Waals surface area contributed by atoms with Gasteiger partial charge in [-0.3, -0.25) is 9.59 Å². The van der Waals surface area contributed by atoms with E-state index >= 15 is 0 Å². The molecule has 1 atom stereocenters. The lowest BCUT2D eigenvalue weighted by Gasteiger charge is -2.18. The average Bonchev–Trinajstić information content (AvgIpc) is 3.26. The molecular formula is C25H22FN3O3S. The Morgan fingerprint density at radius 3 is 2.55 bits per heavy atom. The van der Waals surface area contributed by atoms with E-state index < -0.39 is 17.8 Å². The number of aromatic nitrogens is 2. The summed E-state index contributed by atoms with van der Waals surface area (Å²) in [7, 11) is 1.29. The van der Waals surface area contributed by atoms with Gasteiger partial charge in [-0.15, -0.1) is 11.8 Å². The van der Waals surface area contributed by atoms with E-state index in [0.29, 0.717) is 16.9 Å². The van der Waals surface area contributed by atoms with Crippen LogP contribution in [-0.4, -0.2) is 28.4 Å². The van der Waals surface area contributed by atoms with Crippen LogP contribution in [0, 0.1) is 5.82 Å². The molecule has 0 radical (unpaired) electrons.